The van der Waals surface area contributed by atoms with E-state index < -0.39 is 22.2 Å². The highest BCUT2D eigenvalue weighted by molar-refractivity contribution is 7.89. The number of sulfonamides is 1. The topological polar surface area (TPSA) is 75.6 Å². The normalized spacial score (nSPS) is 23.6. The Morgan fingerprint density at radius 3 is 2.65 bits per heavy atom. The summed E-state index contributed by atoms with van der Waals surface area (Å²) in [4.78, 5) is 0.123. The molecule has 20 heavy (non-hydrogen) atoms. The second kappa shape index (κ2) is 6.11. The summed E-state index contributed by atoms with van der Waals surface area (Å²) in [6, 6.07) is 4.60. The number of aliphatic hydroxyl groups is 1. The molecule has 1 aliphatic carbocycles. The molecule has 2 N–H and O–H groups in total. The number of nitrogens with one attached hydrogen (secondary N) is 1. The van der Waals surface area contributed by atoms with Gasteiger partial charge in [-0.2, -0.15) is 0 Å². The summed E-state index contributed by atoms with van der Waals surface area (Å²) in [6.07, 6.45) is 2.55. The largest absolute Gasteiger partial charge is 0.495 e. The van der Waals surface area contributed by atoms with Gasteiger partial charge in [0.05, 0.1) is 13.2 Å². The van der Waals surface area contributed by atoms with Gasteiger partial charge in [-0.1, -0.05) is 18.9 Å². The zero-order chi connectivity index (χ0) is 14.8. The third-order valence-corrected chi connectivity index (χ3v) is 5.16. The smallest absolute Gasteiger partial charge is 0.244 e. The van der Waals surface area contributed by atoms with E-state index in [2.05, 4.69) is 4.72 Å². The molecule has 0 spiro atoms. The Hall–Kier alpha value is -1.11. The van der Waals surface area contributed by atoms with Crippen LogP contribution >= 0.6 is 0 Å². The van der Waals surface area contributed by atoms with Crippen LogP contribution in [0, 0.1) is 6.92 Å². The lowest BCUT2D eigenvalue weighted by molar-refractivity contribution is 0.101. The molecular weight excluding hydrogens is 278 g/mol. The number of rotatable bonds is 4. The van der Waals surface area contributed by atoms with Gasteiger partial charge in [-0.25, -0.2) is 13.1 Å². The fraction of sp³-hybridized carbons (Fsp3) is 0.571. The van der Waals surface area contributed by atoms with Gasteiger partial charge in [0, 0.05) is 6.04 Å². The van der Waals surface area contributed by atoms with Gasteiger partial charge in [0.1, 0.15) is 10.6 Å². The maximum Gasteiger partial charge on any atom is 0.244 e. The van der Waals surface area contributed by atoms with Crippen LogP contribution in [0.4, 0.5) is 0 Å². The van der Waals surface area contributed by atoms with Crippen LogP contribution in [0.25, 0.3) is 0 Å². The van der Waals surface area contributed by atoms with E-state index in [9.17, 15) is 13.5 Å². The maximum absolute atomic E-state index is 12.5. The minimum Gasteiger partial charge on any atom is -0.495 e. The van der Waals surface area contributed by atoms with Gasteiger partial charge < -0.3 is 9.84 Å². The molecule has 2 atom stereocenters. The van der Waals surface area contributed by atoms with E-state index in [0.717, 1.165) is 18.4 Å². The third-order valence-electron chi connectivity index (χ3n) is 3.64. The molecule has 1 aromatic carbocycles. The fourth-order valence-electron chi connectivity index (χ4n) is 2.51. The first-order valence-corrected chi connectivity index (χ1v) is 8.27. The summed E-state index contributed by atoms with van der Waals surface area (Å²) in [5, 5.41) is 9.90. The van der Waals surface area contributed by atoms with Crippen molar-refractivity contribution in [3.05, 3.63) is 23.8 Å². The van der Waals surface area contributed by atoms with E-state index in [1.807, 2.05) is 6.92 Å². The number of ether oxygens (including phenoxy) is 1. The third kappa shape index (κ3) is 3.31. The lowest BCUT2D eigenvalue weighted by atomic mass is 9.93. The van der Waals surface area contributed by atoms with Gasteiger partial charge in [0.15, 0.2) is 0 Å². The van der Waals surface area contributed by atoms with Crippen LogP contribution in [0.15, 0.2) is 23.1 Å². The van der Waals surface area contributed by atoms with E-state index >= 15 is 0 Å². The SMILES string of the molecule is COc1ccc(C)cc1S(=O)(=O)N[C@@H]1CCCC[C@H]1O. The van der Waals surface area contributed by atoms with Crippen molar-refractivity contribution in [3.63, 3.8) is 0 Å². The van der Waals surface area contributed by atoms with E-state index in [4.69, 9.17) is 4.74 Å². The molecule has 1 aliphatic rings. The predicted octanol–water partition coefficient (Wildman–Crippen LogP) is 1.59. The second-order valence-electron chi connectivity index (χ2n) is 5.23. The highest BCUT2D eigenvalue weighted by Gasteiger charge is 2.29. The summed E-state index contributed by atoms with van der Waals surface area (Å²) in [5.74, 6) is 0.313. The summed E-state index contributed by atoms with van der Waals surface area (Å²) in [6.45, 7) is 1.83. The standard InChI is InChI=1S/C14H21NO4S/c1-10-7-8-13(19-2)14(9-10)20(17,18)15-11-5-3-4-6-12(11)16/h7-9,11-12,15-16H,3-6H2,1-2H3/t11-,12-/m1/s1. The van der Waals surface area contributed by atoms with Crippen molar-refractivity contribution in [1.29, 1.82) is 0 Å². The molecule has 0 unspecified atom stereocenters. The van der Waals surface area contributed by atoms with Crippen LogP contribution in [0.3, 0.4) is 0 Å². The molecule has 5 nitrogen and oxygen atoms in total. The molecule has 0 heterocycles. The zero-order valence-electron chi connectivity index (χ0n) is 11.8. The average molecular weight is 299 g/mol. The lowest BCUT2D eigenvalue weighted by Gasteiger charge is -2.28. The molecule has 0 radical (unpaired) electrons. The molecule has 112 valence electrons. The summed E-state index contributed by atoms with van der Waals surface area (Å²) >= 11 is 0. The van der Waals surface area contributed by atoms with Gasteiger partial charge in [0.2, 0.25) is 10.0 Å². The molecular formula is C14H21NO4S. The van der Waals surface area contributed by atoms with Gasteiger partial charge in [0.25, 0.3) is 0 Å². The van der Waals surface area contributed by atoms with Crippen molar-refractivity contribution in [2.45, 2.75) is 49.6 Å². The Labute approximate surface area is 120 Å². The first-order chi connectivity index (χ1) is 9.44. The highest BCUT2D eigenvalue weighted by atomic mass is 32.2. The van der Waals surface area contributed by atoms with E-state index in [-0.39, 0.29) is 4.90 Å². The first-order valence-electron chi connectivity index (χ1n) is 6.79. The summed E-state index contributed by atoms with van der Waals surface area (Å²) in [7, 11) is -2.25. The quantitative estimate of drug-likeness (QED) is 0.885. The highest BCUT2D eigenvalue weighted by Crippen LogP contribution is 2.26. The summed E-state index contributed by atoms with van der Waals surface area (Å²) < 4.78 is 32.7. The number of hydrogen-bond acceptors (Lipinski definition) is 4. The van der Waals surface area contributed by atoms with Gasteiger partial charge in [-0.15, -0.1) is 0 Å². The predicted molar refractivity (Wildman–Crippen MR) is 76.3 cm³/mol. The Kier molecular flexibility index (Phi) is 4.67. The molecule has 1 fully saturated rings. The lowest BCUT2D eigenvalue weighted by Crippen LogP contribution is -2.45. The molecule has 0 saturated heterocycles. The second-order valence-corrected chi connectivity index (χ2v) is 6.92. The van der Waals surface area contributed by atoms with E-state index in [1.165, 1.54) is 7.11 Å². The maximum atomic E-state index is 12.5. The van der Waals surface area contributed by atoms with E-state index in [0.29, 0.717) is 18.6 Å². The molecule has 0 bridgehead atoms. The van der Waals surface area contributed by atoms with Crippen LogP contribution in [-0.4, -0.2) is 32.8 Å². The Bertz CT molecular complexity index is 571. The minimum absolute atomic E-state index is 0.123. The average Bonchev–Trinajstić information content (AvgIpc) is 2.41. The van der Waals surface area contributed by atoms with E-state index in [1.54, 1.807) is 18.2 Å². The Morgan fingerprint density at radius 2 is 2.00 bits per heavy atom. The minimum atomic E-state index is -3.69. The van der Waals surface area contributed by atoms with Crippen LogP contribution in [0.2, 0.25) is 0 Å². The Morgan fingerprint density at radius 1 is 1.30 bits per heavy atom. The van der Waals surface area contributed by atoms with Gasteiger partial charge in [-0.05, 0) is 37.5 Å². The van der Waals surface area contributed by atoms with Gasteiger partial charge >= 0.3 is 0 Å². The molecule has 0 aromatic heterocycles. The number of hydrogen-bond donors (Lipinski definition) is 2. The summed E-state index contributed by atoms with van der Waals surface area (Å²) in [5.41, 5.74) is 0.843. The zero-order valence-corrected chi connectivity index (χ0v) is 12.6. The molecule has 1 aromatic rings. The number of benzene rings is 1. The monoisotopic (exact) mass is 299 g/mol. The Balaban J connectivity index is 2.28. The van der Waals surface area contributed by atoms with Crippen molar-refractivity contribution in [1.82, 2.24) is 4.72 Å². The molecule has 2 rings (SSSR count). The van der Waals surface area contributed by atoms with Gasteiger partial charge in [-0.3, -0.25) is 0 Å². The van der Waals surface area contributed by atoms with Crippen LogP contribution in [0.1, 0.15) is 31.2 Å². The van der Waals surface area contributed by atoms with Crippen LogP contribution in [-0.2, 0) is 10.0 Å². The van der Waals surface area contributed by atoms with Crippen molar-refractivity contribution in [2.75, 3.05) is 7.11 Å². The fourth-order valence-corrected chi connectivity index (χ4v) is 4.06. The van der Waals surface area contributed by atoms with Crippen LogP contribution in [0.5, 0.6) is 5.75 Å². The number of methoxy groups -OCH3 is 1. The van der Waals surface area contributed by atoms with Crippen molar-refractivity contribution >= 4 is 10.0 Å². The first kappa shape index (κ1) is 15.3. The number of aliphatic hydroxyl groups excluding tert-OH is 1. The molecule has 6 heteroatoms. The number of aryl methyl sites for hydroxylation is 1. The van der Waals surface area contributed by atoms with Crippen molar-refractivity contribution < 1.29 is 18.3 Å². The molecule has 0 aliphatic heterocycles. The molecule has 1 saturated carbocycles. The van der Waals surface area contributed by atoms with Crippen molar-refractivity contribution in [3.8, 4) is 5.75 Å². The van der Waals surface area contributed by atoms with Crippen molar-refractivity contribution in [2.24, 2.45) is 0 Å². The molecule has 0 amide bonds. The van der Waals surface area contributed by atoms with Crippen LogP contribution < -0.4 is 9.46 Å².